The Morgan fingerprint density at radius 3 is 2.54 bits per heavy atom. The zero-order chi connectivity index (χ0) is 9.15. The second kappa shape index (κ2) is 3.64. The van der Waals surface area contributed by atoms with E-state index in [1.54, 1.807) is 0 Å². The molecular weight excluding hydrogens is 176 g/mol. The molecule has 1 aromatic carbocycles. The molecule has 1 nitrogen and oxygen atoms in total. The van der Waals surface area contributed by atoms with Crippen molar-refractivity contribution in [3.05, 3.63) is 30.3 Å². The van der Waals surface area contributed by atoms with Gasteiger partial charge in [0.15, 0.2) is 0 Å². The molecule has 1 saturated heterocycles. The lowest BCUT2D eigenvalue weighted by atomic mass is 10.3. The molecule has 0 saturated carbocycles. The first-order valence-corrected chi connectivity index (χ1v) is 7.62. The van der Waals surface area contributed by atoms with Crippen molar-refractivity contribution in [2.45, 2.75) is 25.4 Å². The minimum absolute atomic E-state index is 0.970. The Bertz CT molecular complexity index is 265. The minimum atomic E-state index is -1.51. The van der Waals surface area contributed by atoms with Crippen molar-refractivity contribution in [3.8, 4) is 0 Å². The first-order valence-electron chi connectivity index (χ1n) is 5.01. The lowest BCUT2D eigenvalue weighted by Crippen LogP contribution is -2.49. The van der Waals surface area contributed by atoms with E-state index in [1.165, 1.54) is 24.1 Å². The van der Waals surface area contributed by atoms with Crippen molar-refractivity contribution in [1.29, 1.82) is 0 Å². The van der Waals surface area contributed by atoms with Crippen molar-refractivity contribution in [2.24, 2.45) is 0 Å². The van der Waals surface area contributed by atoms with Gasteiger partial charge in [0.1, 0.15) is 0 Å². The summed E-state index contributed by atoms with van der Waals surface area (Å²) in [4.78, 5) is 0. The molecule has 1 aliphatic heterocycles. The average Bonchev–Trinajstić information content (AvgIpc) is 2.20. The fourth-order valence-corrected chi connectivity index (χ4v) is 4.97. The van der Waals surface area contributed by atoms with Crippen LogP contribution < -0.4 is 5.19 Å². The fourth-order valence-electron chi connectivity index (χ4n) is 1.95. The highest BCUT2D eigenvalue weighted by atomic mass is 28.4. The summed E-state index contributed by atoms with van der Waals surface area (Å²) in [6, 6.07) is 12.0. The molecule has 70 valence electrons. The summed E-state index contributed by atoms with van der Waals surface area (Å²) >= 11 is 0. The number of hydrogen-bond donors (Lipinski definition) is 0. The van der Waals surface area contributed by atoms with E-state index in [9.17, 15) is 0 Å². The van der Waals surface area contributed by atoms with Crippen LogP contribution in [0.5, 0.6) is 0 Å². The van der Waals surface area contributed by atoms with Crippen molar-refractivity contribution in [3.63, 3.8) is 0 Å². The molecule has 1 unspecified atom stereocenters. The van der Waals surface area contributed by atoms with E-state index >= 15 is 0 Å². The van der Waals surface area contributed by atoms with E-state index in [-0.39, 0.29) is 0 Å². The molecule has 1 atom stereocenters. The third-order valence-corrected chi connectivity index (χ3v) is 6.56. The second-order valence-electron chi connectivity index (χ2n) is 3.90. The summed E-state index contributed by atoms with van der Waals surface area (Å²) < 4.78 is 5.99. The number of hydrogen-bond acceptors (Lipinski definition) is 1. The predicted molar refractivity (Wildman–Crippen MR) is 57.7 cm³/mol. The maximum absolute atomic E-state index is 5.99. The van der Waals surface area contributed by atoms with Crippen molar-refractivity contribution >= 4 is 13.5 Å². The predicted octanol–water partition coefficient (Wildman–Crippen LogP) is 2.28. The van der Waals surface area contributed by atoms with Crippen LogP contribution in [0.15, 0.2) is 30.3 Å². The summed E-state index contributed by atoms with van der Waals surface area (Å²) in [5.74, 6) is 0. The normalized spacial score (nSPS) is 28.7. The summed E-state index contributed by atoms with van der Waals surface area (Å²) in [7, 11) is -1.51. The molecule has 2 heteroatoms. The number of benzene rings is 1. The van der Waals surface area contributed by atoms with Crippen molar-refractivity contribution in [2.75, 3.05) is 6.61 Å². The van der Waals surface area contributed by atoms with Gasteiger partial charge in [-0.1, -0.05) is 36.8 Å². The Morgan fingerprint density at radius 1 is 1.15 bits per heavy atom. The molecule has 0 radical (unpaired) electrons. The topological polar surface area (TPSA) is 9.23 Å². The molecule has 1 fully saturated rings. The SMILES string of the molecule is C[Si]1(c2ccccc2)CCCCO1. The van der Waals surface area contributed by atoms with Crippen LogP contribution in [0.2, 0.25) is 12.6 Å². The molecule has 1 heterocycles. The van der Waals surface area contributed by atoms with Crippen LogP contribution in [0.25, 0.3) is 0 Å². The highest BCUT2D eigenvalue weighted by Gasteiger charge is 2.32. The van der Waals surface area contributed by atoms with Gasteiger partial charge in [0.2, 0.25) is 8.32 Å². The zero-order valence-electron chi connectivity index (χ0n) is 8.12. The summed E-state index contributed by atoms with van der Waals surface area (Å²) in [5.41, 5.74) is 0. The summed E-state index contributed by atoms with van der Waals surface area (Å²) in [6.45, 7) is 3.30. The second-order valence-corrected chi connectivity index (χ2v) is 7.73. The Kier molecular flexibility index (Phi) is 2.51. The van der Waals surface area contributed by atoms with Crippen molar-refractivity contribution < 1.29 is 4.43 Å². The van der Waals surface area contributed by atoms with Crippen LogP contribution in [-0.4, -0.2) is 14.9 Å². The van der Waals surface area contributed by atoms with Crippen molar-refractivity contribution in [1.82, 2.24) is 0 Å². The smallest absolute Gasteiger partial charge is 0.221 e. The summed E-state index contributed by atoms with van der Waals surface area (Å²) in [5, 5.41) is 1.45. The lowest BCUT2D eigenvalue weighted by molar-refractivity contribution is 0.279. The van der Waals surface area contributed by atoms with Gasteiger partial charge in [0, 0.05) is 6.61 Å². The molecule has 1 aromatic rings. The quantitative estimate of drug-likeness (QED) is 0.620. The first kappa shape index (κ1) is 8.97. The Hall–Kier alpha value is -0.603. The third kappa shape index (κ3) is 1.84. The zero-order valence-corrected chi connectivity index (χ0v) is 9.12. The van der Waals surface area contributed by atoms with Gasteiger partial charge in [-0.05, 0) is 24.2 Å². The van der Waals surface area contributed by atoms with Crippen LogP contribution in [0.4, 0.5) is 0 Å². The van der Waals surface area contributed by atoms with E-state index in [1.807, 2.05) is 0 Å². The molecule has 1 aliphatic rings. The molecule has 2 rings (SSSR count). The molecule has 0 amide bonds. The van der Waals surface area contributed by atoms with Gasteiger partial charge in [-0.2, -0.15) is 0 Å². The Labute approximate surface area is 80.9 Å². The van der Waals surface area contributed by atoms with Crippen LogP contribution in [0.3, 0.4) is 0 Å². The first-order chi connectivity index (χ1) is 6.31. The largest absolute Gasteiger partial charge is 0.413 e. The van der Waals surface area contributed by atoms with Gasteiger partial charge in [0.25, 0.3) is 0 Å². The van der Waals surface area contributed by atoms with E-state index < -0.39 is 8.32 Å². The monoisotopic (exact) mass is 192 g/mol. The molecular formula is C11H16OSi. The Morgan fingerprint density at radius 2 is 1.92 bits per heavy atom. The fraction of sp³-hybridized carbons (Fsp3) is 0.455. The van der Waals surface area contributed by atoms with E-state index in [0.717, 1.165) is 6.61 Å². The van der Waals surface area contributed by atoms with Gasteiger partial charge in [-0.15, -0.1) is 0 Å². The number of rotatable bonds is 1. The van der Waals surface area contributed by atoms with Crippen LogP contribution in [0, 0.1) is 0 Å². The average molecular weight is 192 g/mol. The molecule has 0 bridgehead atoms. The summed E-state index contributed by atoms with van der Waals surface area (Å²) in [6.07, 6.45) is 2.59. The van der Waals surface area contributed by atoms with Gasteiger partial charge in [0.05, 0.1) is 0 Å². The molecule has 13 heavy (non-hydrogen) atoms. The maximum atomic E-state index is 5.99. The van der Waals surface area contributed by atoms with Gasteiger partial charge in [-0.3, -0.25) is 0 Å². The highest BCUT2D eigenvalue weighted by molar-refractivity contribution is 6.85. The van der Waals surface area contributed by atoms with E-state index in [2.05, 4.69) is 36.9 Å². The van der Waals surface area contributed by atoms with Gasteiger partial charge in [-0.25, -0.2) is 0 Å². The highest BCUT2D eigenvalue weighted by Crippen LogP contribution is 2.21. The molecule has 0 aromatic heterocycles. The van der Waals surface area contributed by atoms with Crippen LogP contribution in [0.1, 0.15) is 12.8 Å². The Balaban J connectivity index is 2.23. The van der Waals surface area contributed by atoms with Gasteiger partial charge >= 0.3 is 0 Å². The maximum Gasteiger partial charge on any atom is 0.221 e. The lowest BCUT2D eigenvalue weighted by Gasteiger charge is -2.31. The van der Waals surface area contributed by atoms with E-state index in [0.29, 0.717) is 0 Å². The standard InChI is InChI=1S/C11H16OSi/c1-13(10-6-5-9-12-13)11-7-3-2-4-8-11/h2-4,7-8H,5-6,9-10H2,1H3. The molecule has 0 N–H and O–H groups in total. The van der Waals surface area contributed by atoms with E-state index in [4.69, 9.17) is 4.43 Å². The minimum Gasteiger partial charge on any atom is -0.413 e. The molecule has 0 aliphatic carbocycles. The molecule has 0 spiro atoms. The van der Waals surface area contributed by atoms with Crippen LogP contribution >= 0.6 is 0 Å². The van der Waals surface area contributed by atoms with Gasteiger partial charge < -0.3 is 4.43 Å². The third-order valence-electron chi connectivity index (χ3n) is 2.85. The van der Waals surface area contributed by atoms with Crippen LogP contribution in [-0.2, 0) is 4.43 Å².